The molecule has 0 radical (unpaired) electrons. The van der Waals surface area contributed by atoms with Crippen molar-refractivity contribution in [2.75, 3.05) is 5.73 Å². The maximum absolute atomic E-state index is 13.1. The van der Waals surface area contributed by atoms with Crippen molar-refractivity contribution < 1.29 is 4.39 Å². The number of H-pyrrole nitrogens is 1. The van der Waals surface area contributed by atoms with Crippen LogP contribution in [0.3, 0.4) is 0 Å². The van der Waals surface area contributed by atoms with Crippen LogP contribution in [-0.4, -0.2) is 19.5 Å². The number of nitrogens with zero attached hydrogens (tertiary/aromatic N) is 3. The fraction of sp³-hybridized carbons (Fsp3) is 0.154. The minimum atomic E-state index is -0.311. The van der Waals surface area contributed by atoms with Gasteiger partial charge in [-0.05, 0) is 30.2 Å². The molecule has 0 bridgehead atoms. The van der Waals surface area contributed by atoms with Gasteiger partial charge in [-0.3, -0.25) is 9.36 Å². The lowest BCUT2D eigenvalue weighted by Gasteiger charge is -2.10. The fourth-order valence-corrected chi connectivity index (χ4v) is 2.10. The Balaban J connectivity index is 0.00000161. The molecule has 0 fully saturated rings. The molecule has 6 nitrogen and oxygen atoms in total. The molecule has 0 spiro atoms. The second kappa shape index (κ2) is 5.53. The van der Waals surface area contributed by atoms with Gasteiger partial charge in [0.25, 0.3) is 5.56 Å². The highest BCUT2D eigenvalue weighted by Gasteiger charge is 2.12. The van der Waals surface area contributed by atoms with Crippen LogP contribution in [0.25, 0.3) is 11.2 Å². The van der Waals surface area contributed by atoms with Crippen LogP contribution in [-0.2, 0) is 6.54 Å². The van der Waals surface area contributed by atoms with Crippen molar-refractivity contribution in [1.82, 2.24) is 19.5 Å². The molecule has 3 rings (SSSR count). The maximum Gasteiger partial charge on any atom is 0.281 e. The second-order valence-electron chi connectivity index (χ2n) is 4.53. The first-order valence-corrected chi connectivity index (χ1v) is 6.00. The summed E-state index contributed by atoms with van der Waals surface area (Å²) in [6, 6.07) is 4.40. The number of halogens is 2. The molecule has 0 unspecified atom stereocenters. The highest BCUT2D eigenvalue weighted by atomic mass is 35.5. The number of anilines is 1. The zero-order valence-corrected chi connectivity index (χ0v) is 11.9. The van der Waals surface area contributed by atoms with Gasteiger partial charge in [-0.1, -0.05) is 6.07 Å². The van der Waals surface area contributed by atoms with Crippen molar-refractivity contribution in [2.45, 2.75) is 13.5 Å². The average Bonchev–Trinajstić information content (AvgIpc) is 2.85. The van der Waals surface area contributed by atoms with E-state index in [1.807, 2.05) is 0 Å². The molecule has 0 aliphatic carbocycles. The van der Waals surface area contributed by atoms with Gasteiger partial charge in [0, 0.05) is 0 Å². The summed E-state index contributed by atoms with van der Waals surface area (Å²) in [5.41, 5.74) is 7.65. The smallest absolute Gasteiger partial charge is 0.281 e. The van der Waals surface area contributed by atoms with Gasteiger partial charge in [-0.25, -0.2) is 9.37 Å². The highest BCUT2D eigenvalue weighted by Crippen LogP contribution is 2.13. The predicted molar refractivity (Wildman–Crippen MR) is 80.0 cm³/mol. The summed E-state index contributed by atoms with van der Waals surface area (Å²) in [5.74, 6) is -0.230. The Morgan fingerprint density at radius 2 is 2.19 bits per heavy atom. The minimum absolute atomic E-state index is 0. The first kappa shape index (κ1) is 15.0. The molecule has 0 saturated carbocycles. The van der Waals surface area contributed by atoms with Crippen LogP contribution in [0.1, 0.15) is 11.1 Å². The van der Waals surface area contributed by atoms with E-state index >= 15 is 0 Å². The Hall–Kier alpha value is -2.41. The van der Waals surface area contributed by atoms with Crippen molar-refractivity contribution in [3.63, 3.8) is 0 Å². The summed E-state index contributed by atoms with van der Waals surface area (Å²) in [6.07, 6.45) is 1.39. The van der Waals surface area contributed by atoms with Crippen LogP contribution in [0.5, 0.6) is 0 Å². The molecule has 2 aromatic heterocycles. The van der Waals surface area contributed by atoms with E-state index in [1.54, 1.807) is 13.0 Å². The first-order chi connectivity index (χ1) is 9.56. The molecule has 110 valence electrons. The third-order valence-corrected chi connectivity index (χ3v) is 3.21. The topological polar surface area (TPSA) is 89.6 Å². The van der Waals surface area contributed by atoms with Gasteiger partial charge in [-0.2, -0.15) is 4.98 Å². The molecule has 8 heteroatoms. The first-order valence-electron chi connectivity index (χ1n) is 6.00. The number of aromatic amines is 1. The Morgan fingerprint density at radius 1 is 1.43 bits per heavy atom. The average molecular weight is 310 g/mol. The van der Waals surface area contributed by atoms with E-state index in [1.165, 1.54) is 23.0 Å². The summed E-state index contributed by atoms with van der Waals surface area (Å²) in [5, 5.41) is 0. The van der Waals surface area contributed by atoms with Crippen LogP contribution < -0.4 is 11.3 Å². The van der Waals surface area contributed by atoms with Gasteiger partial charge in [-0.15, -0.1) is 12.4 Å². The number of hydrogen-bond donors (Lipinski definition) is 2. The van der Waals surface area contributed by atoms with Crippen LogP contribution in [0, 0.1) is 12.7 Å². The number of hydrogen-bond acceptors (Lipinski definition) is 4. The number of rotatable bonds is 2. The van der Waals surface area contributed by atoms with Gasteiger partial charge in [0.05, 0.1) is 12.9 Å². The summed E-state index contributed by atoms with van der Waals surface area (Å²) in [4.78, 5) is 23.0. The molecule has 1 aromatic carbocycles. The Kier molecular flexibility index (Phi) is 3.95. The summed E-state index contributed by atoms with van der Waals surface area (Å²) in [7, 11) is 0. The third-order valence-electron chi connectivity index (χ3n) is 3.21. The normalized spacial score (nSPS) is 10.6. The number of nitrogen functional groups attached to an aromatic ring is 1. The number of nitrogens with two attached hydrogens (primary N) is 1. The van der Waals surface area contributed by atoms with Crippen molar-refractivity contribution in [1.29, 1.82) is 0 Å². The van der Waals surface area contributed by atoms with Gasteiger partial charge in [0.2, 0.25) is 5.95 Å². The van der Waals surface area contributed by atoms with Gasteiger partial charge in [0.1, 0.15) is 5.82 Å². The molecule has 0 saturated heterocycles. The van der Waals surface area contributed by atoms with E-state index in [2.05, 4.69) is 15.0 Å². The van der Waals surface area contributed by atoms with E-state index in [4.69, 9.17) is 5.73 Å². The maximum atomic E-state index is 13.1. The van der Waals surface area contributed by atoms with Crippen molar-refractivity contribution in [2.24, 2.45) is 0 Å². The van der Waals surface area contributed by atoms with Gasteiger partial charge >= 0.3 is 0 Å². The molecule has 0 atom stereocenters. The number of fused-ring (bicyclic) bond motifs is 1. The van der Waals surface area contributed by atoms with Gasteiger partial charge < -0.3 is 10.7 Å². The Bertz CT molecular complexity index is 857. The molecular weight excluding hydrogens is 297 g/mol. The minimum Gasteiger partial charge on any atom is -0.369 e. The lowest BCUT2D eigenvalue weighted by Crippen LogP contribution is -2.25. The molecule has 2 heterocycles. The van der Waals surface area contributed by atoms with Crippen molar-refractivity contribution >= 4 is 29.5 Å². The van der Waals surface area contributed by atoms with Crippen LogP contribution in [0.15, 0.2) is 29.3 Å². The summed E-state index contributed by atoms with van der Waals surface area (Å²) >= 11 is 0. The Morgan fingerprint density at radius 3 is 2.90 bits per heavy atom. The van der Waals surface area contributed by atoms with Crippen LogP contribution in [0.2, 0.25) is 0 Å². The predicted octanol–water partition coefficient (Wildman–Crippen LogP) is 1.62. The molecular formula is C13H13ClFN5O. The number of imidazole rings is 1. The van der Waals surface area contributed by atoms with Crippen molar-refractivity contribution in [3.8, 4) is 0 Å². The fourth-order valence-electron chi connectivity index (χ4n) is 2.10. The molecule has 3 N–H and O–H groups in total. The summed E-state index contributed by atoms with van der Waals surface area (Å²) in [6.45, 7) is 2.01. The largest absolute Gasteiger partial charge is 0.369 e. The molecule has 0 aliphatic heterocycles. The zero-order chi connectivity index (χ0) is 14.3. The number of benzene rings is 1. The number of nitrogens with one attached hydrogen (secondary N) is 1. The van der Waals surface area contributed by atoms with E-state index < -0.39 is 0 Å². The standard InChI is InChI=1S/C13H12FN5O.ClH/c1-7-4-9(14)3-2-8(7)5-19-12(20)10-11(17-6-16-10)18-13(19)15;/h2-4,6H,5H2,1H3,(H2,15,18)(H,16,17);1H. The van der Waals surface area contributed by atoms with E-state index in [-0.39, 0.29) is 36.3 Å². The number of aromatic nitrogens is 4. The number of aryl methyl sites for hydroxylation is 1. The molecule has 0 aliphatic rings. The highest BCUT2D eigenvalue weighted by molar-refractivity contribution is 5.85. The zero-order valence-electron chi connectivity index (χ0n) is 11.1. The lowest BCUT2D eigenvalue weighted by atomic mass is 10.1. The SMILES string of the molecule is Cc1cc(F)ccc1Cn1c(N)nc2nc[nH]c2c1=O.Cl. The molecule has 0 amide bonds. The second-order valence-corrected chi connectivity index (χ2v) is 4.53. The molecule has 3 aromatic rings. The van der Waals surface area contributed by atoms with Crippen LogP contribution in [0.4, 0.5) is 10.3 Å². The summed E-state index contributed by atoms with van der Waals surface area (Å²) < 4.78 is 14.4. The lowest BCUT2D eigenvalue weighted by molar-refractivity contribution is 0.624. The van der Waals surface area contributed by atoms with Crippen molar-refractivity contribution in [3.05, 3.63) is 51.8 Å². The molecule has 21 heavy (non-hydrogen) atoms. The monoisotopic (exact) mass is 309 g/mol. The van der Waals surface area contributed by atoms with E-state index in [0.29, 0.717) is 11.2 Å². The van der Waals surface area contributed by atoms with Gasteiger partial charge in [0.15, 0.2) is 11.2 Å². The quantitative estimate of drug-likeness (QED) is 0.752. The Labute approximate surface area is 125 Å². The third kappa shape index (κ3) is 2.59. The van der Waals surface area contributed by atoms with E-state index in [0.717, 1.165) is 11.1 Å². The van der Waals surface area contributed by atoms with E-state index in [9.17, 15) is 9.18 Å². The van der Waals surface area contributed by atoms with Crippen LogP contribution >= 0.6 is 12.4 Å².